The van der Waals surface area contributed by atoms with Gasteiger partial charge in [-0.25, -0.2) is 4.98 Å². The van der Waals surface area contributed by atoms with Crippen LogP contribution in [0.15, 0.2) is 36.5 Å². The Morgan fingerprint density at radius 3 is 2.83 bits per heavy atom. The van der Waals surface area contributed by atoms with E-state index in [4.69, 9.17) is 16.3 Å². The predicted octanol–water partition coefficient (Wildman–Crippen LogP) is 3.66. The molecule has 2 rings (SSSR count). The number of hydrogen-bond acceptors (Lipinski definition) is 3. The number of aromatic nitrogens is 1. The van der Waals surface area contributed by atoms with Gasteiger partial charge in [0.05, 0.1) is 7.11 Å². The molecule has 3 nitrogen and oxygen atoms in total. The molecule has 0 atom stereocenters. The Hall–Kier alpha value is -1.74. The fraction of sp³-hybridized carbons (Fsp3) is 0.214. The highest BCUT2D eigenvalue weighted by Crippen LogP contribution is 2.21. The van der Waals surface area contributed by atoms with Gasteiger partial charge in [-0.1, -0.05) is 29.3 Å². The summed E-state index contributed by atoms with van der Waals surface area (Å²) < 4.78 is 5.33. The van der Waals surface area contributed by atoms with E-state index in [1.54, 1.807) is 19.4 Å². The van der Waals surface area contributed by atoms with Crippen molar-refractivity contribution in [2.45, 2.75) is 13.5 Å². The Labute approximate surface area is 112 Å². The minimum atomic E-state index is 0.483. The van der Waals surface area contributed by atoms with Crippen LogP contribution in [0.2, 0.25) is 5.15 Å². The van der Waals surface area contributed by atoms with Gasteiger partial charge in [-0.3, -0.25) is 0 Å². The van der Waals surface area contributed by atoms with Gasteiger partial charge < -0.3 is 10.1 Å². The fourth-order valence-electron chi connectivity index (χ4n) is 1.76. The first-order valence-electron chi connectivity index (χ1n) is 5.68. The van der Waals surface area contributed by atoms with E-state index in [0.717, 1.165) is 17.0 Å². The molecular formula is C14H15ClN2O. The van der Waals surface area contributed by atoms with Crippen LogP contribution in [0.1, 0.15) is 11.1 Å². The lowest BCUT2D eigenvalue weighted by Crippen LogP contribution is -2.02. The molecule has 0 aliphatic heterocycles. The molecule has 18 heavy (non-hydrogen) atoms. The summed E-state index contributed by atoms with van der Waals surface area (Å²) in [6.45, 7) is 2.75. The van der Waals surface area contributed by atoms with E-state index in [1.165, 1.54) is 5.56 Å². The quantitative estimate of drug-likeness (QED) is 0.854. The number of rotatable bonds is 4. The molecule has 0 unspecified atom stereocenters. The van der Waals surface area contributed by atoms with Crippen molar-refractivity contribution in [2.24, 2.45) is 0 Å². The SMILES string of the molecule is COc1ccc(C)cc1CNc1ccnc(Cl)c1. The number of benzene rings is 1. The topological polar surface area (TPSA) is 34.1 Å². The molecule has 0 radical (unpaired) electrons. The summed E-state index contributed by atoms with van der Waals surface area (Å²) in [5.74, 6) is 0.883. The van der Waals surface area contributed by atoms with Crippen LogP contribution in [0, 0.1) is 6.92 Å². The van der Waals surface area contributed by atoms with Crippen LogP contribution < -0.4 is 10.1 Å². The van der Waals surface area contributed by atoms with Crippen LogP contribution in [0.4, 0.5) is 5.69 Å². The van der Waals surface area contributed by atoms with E-state index < -0.39 is 0 Å². The highest BCUT2D eigenvalue weighted by molar-refractivity contribution is 6.29. The summed E-state index contributed by atoms with van der Waals surface area (Å²) >= 11 is 5.83. The molecule has 4 heteroatoms. The molecule has 1 N–H and O–H groups in total. The second-order valence-corrected chi connectivity index (χ2v) is 4.42. The van der Waals surface area contributed by atoms with Crippen molar-refractivity contribution in [3.63, 3.8) is 0 Å². The largest absolute Gasteiger partial charge is 0.496 e. The zero-order chi connectivity index (χ0) is 13.0. The first-order chi connectivity index (χ1) is 8.69. The van der Waals surface area contributed by atoms with Crippen molar-refractivity contribution in [3.8, 4) is 5.75 Å². The van der Waals surface area contributed by atoms with Gasteiger partial charge in [-0.15, -0.1) is 0 Å². The van der Waals surface area contributed by atoms with Crippen LogP contribution in [0.3, 0.4) is 0 Å². The minimum Gasteiger partial charge on any atom is -0.496 e. The van der Waals surface area contributed by atoms with Gasteiger partial charge in [-0.2, -0.15) is 0 Å². The molecule has 1 heterocycles. The molecular weight excluding hydrogens is 248 g/mol. The number of anilines is 1. The lowest BCUT2D eigenvalue weighted by atomic mass is 10.1. The average Bonchev–Trinajstić information content (AvgIpc) is 2.37. The lowest BCUT2D eigenvalue weighted by molar-refractivity contribution is 0.410. The summed E-state index contributed by atoms with van der Waals surface area (Å²) in [5, 5.41) is 3.78. The maximum absolute atomic E-state index is 5.83. The molecule has 2 aromatic rings. The van der Waals surface area contributed by atoms with Crippen LogP contribution >= 0.6 is 11.6 Å². The third-order valence-corrected chi connectivity index (χ3v) is 2.85. The Kier molecular flexibility index (Phi) is 4.05. The summed E-state index contributed by atoms with van der Waals surface area (Å²) in [4.78, 5) is 3.94. The zero-order valence-electron chi connectivity index (χ0n) is 10.4. The summed E-state index contributed by atoms with van der Waals surface area (Å²) in [6, 6.07) is 9.80. The van der Waals surface area contributed by atoms with Gasteiger partial charge in [0, 0.05) is 24.0 Å². The van der Waals surface area contributed by atoms with Gasteiger partial charge in [0.2, 0.25) is 0 Å². The van der Waals surface area contributed by atoms with Crippen LogP contribution in [-0.2, 0) is 6.54 Å². The van der Waals surface area contributed by atoms with E-state index in [0.29, 0.717) is 11.7 Å². The second-order valence-electron chi connectivity index (χ2n) is 4.04. The Morgan fingerprint density at radius 2 is 2.11 bits per heavy atom. The molecule has 0 bridgehead atoms. The standard InChI is InChI=1S/C14H15ClN2O/c1-10-3-4-13(18-2)11(7-10)9-17-12-5-6-16-14(15)8-12/h3-8H,9H2,1-2H3,(H,16,17). The van der Waals surface area contributed by atoms with E-state index in [2.05, 4.69) is 23.3 Å². The van der Waals surface area contributed by atoms with Crippen LogP contribution in [0.25, 0.3) is 0 Å². The number of nitrogens with zero attached hydrogens (tertiary/aromatic N) is 1. The molecule has 0 saturated carbocycles. The summed E-state index contributed by atoms with van der Waals surface area (Å²) in [5.41, 5.74) is 3.27. The Balaban J connectivity index is 2.12. The van der Waals surface area contributed by atoms with Crippen molar-refractivity contribution in [2.75, 3.05) is 12.4 Å². The molecule has 1 aromatic heterocycles. The molecule has 94 valence electrons. The third kappa shape index (κ3) is 3.14. The normalized spacial score (nSPS) is 10.2. The van der Waals surface area contributed by atoms with Crippen molar-refractivity contribution >= 4 is 17.3 Å². The number of methoxy groups -OCH3 is 1. The van der Waals surface area contributed by atoms with Crippen molar-refractivity contribution < 1.29 is 4.74 Å². The number of hydrogen-bond donors (Lipinski definition) is 1. The average molecular weight is 263 g/mol. The number of pyridine rings is 1. The van der Waals surface area contributed by atoms with Crippen molar-refractivity contribution in [1.29, 1.82) is 0 Å². The Morgan fingerprint density at radius 1 is 1.28 bits per heavy atom. The van der Waals surface area contributed by atoms with E-state index >= 15 is 0 Å². The molecule has 0 amide bonds. The maximum atomic E-state index is 5.83. The van der Waals surface area contributed by atoms with Crippen molar-refractivity contribution in [1.82, 2.24) is 4.98 Å². The van der Waals surface area contributed by atoms with E-state index in [-0.39, 0.29) is 0 Å². The van der Waals surface area contributed by atoms with E-state index in [1.807, 2.05) is 18.2 Å². The van der Waals surface area contributed by atoms with E-state index in [9.17, 15) is 0 Å². The maximum Gasteiger partial charge on any atom is 0.131 e. The van der Waals surface area contributed by atoms with Gasteiger partial charge in [-0.05, 0) is 25.1 Å². The highest BCUT2D eigenvalue weighted by atomic mass is 35.5. The number of aryl methyl sites for hydroxylation is 1. The zero-order valence-corrected chi connectivity index (χ0v) is 11.2. The highest BCUT2D eigenvalue weighted by Gasteiger charge is 2.03. The molecule has 0 fully saturated rings. The number of halogens is 1. The third-order valence-electron chi connectivity index (χ3n) is 2.65. The van der Waals surface area contributed by atoms with Gasteiger partial charge in [0.1, 0.15) is 10.9 Å². The van der Waals surface area contributed by atoms with Crippen LogP contribution in [-0.4, -0.2) is 12.1 Å². The first kappa shape index (κ1) is 12.7. The van der Waals surface area contributed by atoms with Crippen molar-refractivity contribution in [3.05, 3.63) is 52.8 Å². The second kappa shape index (κ2) is 5.74. The van der Waals surface area contributed by atoms with Crippen LogP contribution in [0.5, 0.6) is 5.75 Å². The monoisotopic (exact) mass is 262 g/mol. The smallest absolute Gasteiger partial charge is 0.131 e. The summed E-state index contributed by atoms with van der Waals surface area (Å²) in [7, 11) is 1.68. The molecule has 0 saturated heterocycles. The van der Waals surface area contributed by atoms with Gasteiger partial charge in [0.25, 0.3) is 0 Å². The minimum absolute atomic E-state index is 0.483. The predicted molar refractivity (Wildman–Crippen MR) is 74.3 cm³/mol. The number of ether oxygens (including phenoxy) is 1. The summed E-state index contributed by atoms with van der Waals surface area (Å²) in [6.07, 6.45) is 1.68. The van der Waals surface area contributed by atoms with Gasteiger partial charge >= 0.3 is 0 Å². The fourth-order valence-corrected chi connectivity index (χ4v) is 1.93. The molecule has 0 aliphatic carbocycles. The molecule has 1 aromatic carbocycles. The number of nitrogens with one attached hydrogen (secondary N) is 1. The lowest BCUT2D eigenvalue weighted by Gasteiger charge is -2.11. The molecule has 0 spiro atoms. The first-order valence-corrected chi connectivity index (χ1v) is 6.06. The van der Waals surface area contributed by atoms with Gasteiger partial charge in [0.15, 0.2) is 0 Å². The molecule has 0 aliphatic rings. The Bertz CT molecular complexity index is 543.